The second-order valence-corrected chi connectivity index (χ2v) is 9.80. The summed E-state index contributed by atoms with van der Waals surface area (Å²) < 4.78 is 39.0. The summed E-state index contributed by atoms with van der Waals surface area (Å²) in [7, 11) is -0.491. The van der Waals surface area contributed by atoms with Crippen molar-refractivity contribution in [3.05, 3.63) is 40.8 Å². The van der Waals surface area contributed by atoms with Gasteiger partial charge in [-0.3, -0.25) is 4.79 Å². The van der Waals surface area contributed by atoms with E-state index in [9.17, 15) is 13.2 Å². The van der Waals surface area contributed by atoms with Crippen molar-refractivity contribution in [1.82, 2.24) is 9.62 Å². The first-order valence-corrected chi connectivity index (χ1v) is 11.2. The van der Waals surface area contributed by atoms with Crippen molar-refractivity contribution in [1.29, 1.82) is 0 Å². The van der Waals surface area contributed by atoms with Gasteiger partial charge in [0.1, 0.15) is 4.21 Å². The summed E-state index contributed by atoms with van der Waals surface area (Å²) in [6, 6.07) is 8.64. The number of nitrogens with one attached hydrogen (secondary N) is 1. The minimum atomic E-state index is -3.62. The van der Waals surface area contributed by atoms with E-state index in [1.165, 1.54) is 18.3 Å². The molecular formula is C19H24N2O5S2. The lowest BCUT2D eigenvalue weighted by Crippen LogP contribution is -2.30. The van der Waals surface area contributed by atoms with Gasteiger partial charge in [-0.1, -0.05) is 6.07 Å². The first kappa shape index (κ1) is 20.6. The average Bonchev–Trinajstić information content (AvgIpc) is 3.35. The van der Waals surface area contributed by atoms with Crippen LogP contribution in [0.1, 0.15) is 36.2 Å². The lowest BCUT2D eigenvalue weighted by Gasteiger charge is -2.24. The highest BCUT2D eigenvalue weighted by molar-refractivity contribution is 7.91. The summed E-state index contributed by atoms with van der Waals surface area (Å²) in [5.41, 5.74) is 0.883. The van der Waals surface area contributed by atoms with Gasteiger partial charge in [0.2, 0.25) is 5.91 Å². The third-order valence-electron chi connectivity index (χ3n) is 4.71. The molecule has 2 aromatic rings. The van der Waals surface area contributed by atoms with Gasteiger partial charge in [-0.15, -0.1) is 11.3 Å². The number of rotatable bonds is 7. The molecule has 1 aromatic carbocycles. The number of benzene rings is 1. The van der Waals surface area contributed by atoms with Gasteiger partial charge in [0.05, 0.1) is 26.8 Å². The Kier molecular flexibility index (Phi) is 6.26. The maximum Gasteiger partial charge on any atom is 0.253 e. The number of hydrogen-bond donors (Lipinski definition) is 1. The van der Waals surface area contributed by atoms with Crippen LogP contribution in [0, 0.1) is 0 Å². The van der Waals surface area contributed by atoms with Gasteiger partial charge in [-0.25, -0.2) is 8.42 Å². The molecule has 0 unspecified atom stereocenters. The van der Waals surface area contributed by atoms with Crippen molar-refractivity contribution < 1.29 is 22.7 Å². The molecule has 9 heteroatoms. The highest BCUT2D eigenvalue weighted by Gasteiger charge is 2.37. The Hall–Kier alpha value is -2.10. The summed E-state index contributed by atoms with van der Waals surface area (Å²) in [6.07, 6.45) is 1.54. The van der Waals surface area contributed by atoms with Crippen LogP contribution in [0.5, 0.6) is 11.5 Å². The van der Waals surface area contributed by atoms with Crippen molar-refractivity contribution in [3.63, 3.8) is 0 Å². The van der Waals surface area contributed by atoms with E-state index < -0.39 is 10.0 Å². The maximum absolute atomic E-state index is 13.2. The molecule has 1 atom stereocenters. The van der Waals surface area contributed by atoms with E-state index in [2.05, 4.69) is 5.32 Å². The van der Waals surface area contributed by atoms with Crippen LogP contribution in [0.2, 0.25) is 0 Å². The van der Waals surface area contributed by atoms with Crippen molar-refractivity contribution in [2.24, 2.45) is 0 Å². The van der Waals surface area contributed by atoms with E-state index in [0.29, 0.717) is 28.8 Å². The number of sulfonamides is 1. The van der Waals surface area contributed by atoms with E-state index in [1.807, 2.05) is 12.1 Å². The molecular weight excluding hydrogens is 400 g/mol. The molecule has 1 saturated heterocycles. The van der Waals surface area contributed by atoms with Crippen LogP contribution in [-0.4, -0.2) is 39.4 Å². The molecule has 0 saturated carbocycles. The van der Waals surface area contributed by atoms with Crippen molar-refractivity contribution in [3.8, 4) is 11.5 Å². The number of amides is 1. The molecule has 28 heavy (non-hydrogen) atoms. The van der Waals surface area contributed by atoms with Crippen molar-refractivity contribution in [2.45, 2.75) is 36.6 Å². The molecule has 7 nitrogen and oxygen atoms in total. The second-order valence-electron chi connectivity index (χ2n) is 6.52. The quantitative estimate of drug-likeness (QED) is 0.739. The molecule has 152 valence electrons. The smallest absolute Gasteiger partial charge is 0.253 e. The van der Waals surface area contributed by atoms with Gasteiger partial charge in [0, 0.05) is 18.3 Å². The van der Waals surface area contributed by atoms with Crippen LogP contribution < -0.4 is 14.8 Å². The Morgan fingerprint density at radius 1 is 1.21 bits per heavy atom. The second kappa shape index (κ2) is 8.50. The zero-order valence-electron chi connectivity index (χ0n) is 16.1. The van der Waals surface area contributed by atoms with Crippen LogP contribution in [0.15, 0.2) is 34.5 Å². The van der Waals surface area contributed by atoms with Crippen LogP contribution in [0.25, 0.3) is 0 Å². The number of carbonyl (C=O) groups excluding carboxylic acids is 1. The van der Waals surface area contributed by atoms with Gasteiger partial charge >= 0.3 is 0 Å². The summed E-state index contributed by atoms with van der Waals surface area (Å²) in [5, 5.41) is 2.69. The summed E-state index contributed by atoms with van der Waals surface area (Å²) in [4.78, 5) is 11.9. The minimum absolute atomic E-state index is 0.147. The van der Waals surface area contributed by atoms with Crippen LogP contribution >= 0.6 is 11.3 Å². The fraction of sp³-hybridized carbons (Fsp3) is 0.421. The summed E-state index contributed by atoms with van der Waals surface area (Å²) >= 11 is 1.19. The van der Waals surface area contributed by atoms with Gasteiger partial charge in [0.15, 0.2) is 11.5 Å². The van der Waals surface area contributed by atoms with Crippen LogP contribution in [0.4, 0.5) is 0 Å². The fourth-order valence-corrected chi connectivity index (χ4v) is 6.45. The molecule has 0 spiro atoms. The van der Waals surface area contributed by atoms with Gasteiger partial charge in [0.25, 0.3) is 10.0 Å². The molecule has 0 radical (unpaired) electrons. The topological polar surface area (TPSA) is 84.9 Å². The first-order valence-electron chi connectivity index (χ1n) is 8.93. The minimum Gasteiger partial charge on any atom is -0.493 e. The predicted octanol–water partition coefficient (Wildman–Crippen LogP) is 2.93. The lowest BCUT2D eigenvalue weighted by atomic mass is 10.0. The molecule has 1 aliphatic heterocycles. The molecule has 0 bridgehead atoms. The molecule has 3 rings (SSSR count). The number of carbonyl (C=O) groups is 1. The molecule has 1 aromatic heterocycles. The monoisotopic (exact) mass is 424 g/mol. The molecule has 2 heterocycles. The largest absolute Gasteiger partial charge is 0.493 e. The van der Waals surface area contributed by atoms with E-state index in [4.69, 9.17) is 9.47 Å². The highest BCUT2D eigenvalue weighted by atomic mass is 32.2. The first-order chi connectivity index (χ1) is 13.4. The third kappa shape index (κ3) is 4.16. The Morgan fingerprint density at radius 2 is 1.96 bits per heavy atom. The zero-order valence-corrected chi connectivity index (χ0v) is 17.7. The molecule has 0 aliphatic carbocycles. The zero-order chi connectivity index (χ0) is 20.3. The highest BCUT2D eigenvalue weighted by Crippen LogP contribution is 2.40. The summed E-state index contributed by atoms with van der Waals surface area (Å²) in [6.45, 7) is 2.23. The van der Waals surface area contributed by atoms with Crippen molar-refractivity contribution in [2.75, 3.05) is 20.8 Å². The summed E-state index contributed by atoms with van der Waals surface area (Å²) in [5.74, 6) is 1.04. The molecule has 1 aliphatic rings. The Morgan fingerprint density at radius 3 is 2.64 bits per heavy atom. The maximum atomic E-state index is 13.2. The number of nitrogens with zero attached hydrogens (tertiary/aromatic N) is 1. The Bertz CT molecular complexity index is 955. The Balaban J connectivity index is 1.86. The number of hydrogen-bond acceptors (Lipinski definition) is 6. The fourth-order valence-electron chi connectivity index (χ4n) is 3.34. The van der Waals surface area contributed by atoms with Crippen LogP contribution in [-0.2, 0) is 21.4 Å². The molecule has 1 amide bonds. The third-order valence-corrected chi connectivity index (χ3v) is 8.17. The van der Waals surface area contributed by atoms with E-state index in [-0.39, 0.29) is 11.9 Å². The molecule has 1 N–H and O–H groups in total. The van der Waals surface area contributed by atoms with Crippen molar-refractivity contribution >= 4 is 27.3 Å². The number of thiophene rings is 1. The van der Waals surface area contributed by atoms with Gasteiger partial charge < -0.3 is 14.8 Å². The number of ether oxygens (including phenoxy) is 2. The normalized spacial score (nSPS) is 17.5. The van der Waals surface area contributed by atoms with Gasteiger partial charge in [-0.2, -0.15) is 4.31 Å². The SMILES string of the molecule is COc1ccc([C@H]2CCCN2S(=O)(=O)c2ccc(CNC(C)=O)s2)cc1OC. The lowest BCUT2D eigenvalue weighted by molar-refractivity contribution is -0.119. The van der Waals surface area contributed by atoms with Gasteiger partial charge in [-0.05, 0) is 42.7 Å². The molecule has 1 fully saturated rings. The van der Waals surface area contributed by atoms with E-state index >= 15 is 0 Å². The Labute approximate surface area is 169 Å². The van der Waals surface area contributed by atoms with Crippen LogP contribution in [0.3, 0.4) is 0 Å². The number of methoxy groups -OCH3 is 2. The van der Waals surface area contributed by atoms with E-state index in [1.54, 1.807) is 36.7 Å². The standard InChI is InChI=1S/C19H24N2O5S2/c1-13(22)20-12-15-7-9-19(27-15)28(23,24)21-10-4-5-16(21)14-6-8-17(25-2)18(11-14)26-3/h6-9,11,16H,4-5,10,12H2,1-3H3,(H,20,22)/t16-/m1/s1. The predicted molar refractivity (Wildman–Crippen MR) is 107 cm³/mol. The average molecular weight is 425 g/mol. The van der Waals surface area contributed by atoms with E-state index in [0.717, 1.165) is 23.3 Å².